The van der Waals surface area contributed by atoms with Crippen LogP contribution < -0.4 is 15.4 Å². The third-order valence-corrected chi connectivity index (χ3v) is 12.5. The van der Waals surface area contributed by atoms with Crippen LogP contribution in [0.2, 0.25) is 13.1 Å². The number of pyridine rings is 3. The van der Waals surface area contributed by atoms with Crippen molar-refractivity contribution in [2.75, 3.05) is 11.9 Å². The van der Waals surface area contributed by atoms with Crippen LogP contribution in [0.1, 0.15) is 25.0 Å². The molecule has 0 saturated carbocycles. The Morgan fingerprint density at radius 3 is 2.42 bits per heavy atom. The van der Waals surface area contributed by atoms with E-state index in [4.69, 9.17) is 15.0 Å². The van der Waals surface area contributed by atoms with Gasteiger partial charge in [-0.25, -0.2) is 9.97 Å². The summed E-state index contributed by atoms with van der Waals surface area (Å²) in [6, 6.07) is 33.5. The van der Waals surface area contributed by atoms with Gasteiger partial charge in [-0.05, 0) is 46.8 Å². The number of hydrogen-bond acceptors (Lipinski definition) is 5. The van der Waals surface area contributed by atoms with Crippen molar-refractivity contribution in [2.24, 2.45) is 0 Å². The molecule has 0 radical (unpaired) electrons. The summed E-state index contributed by atoms with van der Waals surface area (Å²) in [5, 5.41) is 15.5. The first-order chi connectivity index (χ1) is 20.7. The average Bonchev–Trinajstić information content (AvgIpc) is 3.27. The quantitative estimate of drug-likeness (QED) is 0.218. The number of hydrogen-bond donors (Lipinski definition) is 1. The molecular formula is C37H34N4OSi. The molecule has 0 saturated heterocycles. The zero-order valence-electron chi connectivity index (χ0n) is 25.1. The second-order valence-corrected chi connectivity index (χ2v) is 16.8. The molecule has 6 aromatic rings. The van der Waals surface area contributed by atoms with Gasteiger partial charge in [-0.15, -0.1) is 0 Å². The maximum absolute atomic E-state index is 10.8. The number of anilines is 2. The van der Waals surface area contributed by atoms with Crippen molar-refractivity contribution >= 4 is 40.9 Å². The second kappa shape index (κ2) is 9.89. The van der Waals surface area contributed by atoms with E-state index in [1.807, 2.05) is 24.5 Å². The van der Waals surface area contributed by atoms with Crippen molar-refractivity contribution in [2.45, 2.75) is 32.4 Å². The van der Waals surface area contributed by atoms with Gasteiger partial charge in [-0.3, -0.25) is 4.98 Å². The Morgan fingerprint density at radius 1 is 0.767 bits per heavy atom. The molecule has 0 unspecified atom stereocenters. The molecule has 3 aromatic heterocycles. The van der Waals surface area contributed by atoms with Crippen LogP contribution in [0.5, 0.6) is 5.75 Å². The summed E-state index contributed by atoms with van der Waals surface area (Å²) in [7, 11) is -0.118. The largest absolute Gasteiger partial charge is 0.507 e. The number of phenolic OH excluding ortho intramolecular Hbond substituents is 1. The fraction of sp³-hybridized carbons (Fsp3) is 0.162. The first-order valence-electron chi connectivity index (χ1n) is 14.7. The third-order valence-electron chi connectivity index (χ3n) is 9.14. The van der Waals surface area contributed by atoms with E-state index in [1.165, 1.54) is 10.6 Å². The molecule has 43 heavy (non-hydrogen) atoms. The van der Waals surface area contributed by atoms with Crippen LogP contribution in [0.25, 0.3) is 33.3 Å². The molecule has 0 amide bonds. The number of nitrogens with zero attached hydrogens (tertiary/aromatic N) is 4. The van der Waals surface area contributed by atoms with E-state index < -0.39 is 8.07 Å². The van der Waals surface area contributed by atoms with E-state index in [0.717, 1.165) is 55.9 Å². The number of benzene rings is 3. The van der Waals surface area contributed by atoms with Crippen LogP contribution in [0.4, 0.5) is 11.5 Å². The highest BCUT2D eigenvalue weighted by atomic mass is 28.3. The molecule has 3 heterocycles. The minimum Gasteiger partial charge on any atom is -0.507 e. The van der Waals surface area contributed by atoms with Crippen LogP contribution in [-0.2, 0) is 5.41 Å². The monoisotopic (exact) mass is 578 g/mol. The SMILES string of the molecule is CN(c1ccnc([Si](C)(C)c2cccc(-c3ccc4c(n3)-c3c(O)cccc3C4(C)C)c2)c1)c1nccc2ccccc12. The van der Waals surface area contributed by atoms with E-state index in [-0.39, 0.29) is 11.2 Å². The molecule has 1 aliphatic carbocycles. The Balaban J connectivity index is 1.25. The second-order valence-electron chi connectivity index (χ2n) is 12.4. The van der Waals surface area contributed by atoms with Gasteiger partial charge < -0.3 is 10.0 Å². The fourth-order valence-corrected chi connectivity index (χ4v) is 8.68. The highest BCUT2D eigenvalue weighted by Crippen LogP contribution is 2.51. The molecule has 0 spiro atoms. The minimum absolute atomic E-state index is 0.211. The molecule has 212 valence electrons. The molecule has 3 aromatic carbocycles. The Hall–Kier alpha value is -4.81. The lowest BCUT2D eigenvalue weighted by molar-refractivity contribution is 0.476. The van der Waals surface area contributed by atoms with Crippen LogP contribution in [-0.4, -0.2) is 35.2 Å². The highest BCUT2D eigenvalue weighted by Gasteiger charge is 2.38. The maximum atomic E-state index is 10.8. The number of rotatable bonds is 5. The third kappa shape index (κ3) is 4.32. The first kappa shape index (κ1) is 27.0. The Bertz CT molecular complexity index is 2030. The number of phenols is 1. The van der Waals surface area contributed by atoms with Gasteiger partial charge in [0.05, 0.1) is 11.4 Å². The predicted molar refractivity (Wildman–Crippen MR) is 180 cm³/mol. The zero-order chi connectivity index (χ0) is 29.9. The van der Waals surface area contributed by atoms with Crippen molar-refractivity contribution in [3.05, 3.63) is 121 Å². The molecular weight excluding hydrogens is 545 g/mol. The van der Waals surface area contributed by atoms with E-state index in [2.05, 4.69) is 118 Å². The van der Waals surface area contributed by atoms with Gasteiger partial charge in [0.15, 0.2) is 0 Å². The molecule has 1 N–H and O–H groups in total. The molecule has 7 rings (SSSR count). The van der Waals surface area contributed by atoms with Crippen molar-refractivity contribution in [1.29, 1.82) is 0 Å². The lowest BCUT2D eigenvalue weighted by atomic mass is 9.83. The van der Waals surface area contributed by atoms with Crippen LogP contribution in [0.3, 0.4) is 0 Å². The number of aromatic hydroxyl groups is 1. The summed E-state index contributed by atoms with van der Waals surface area (Å²) in [5.41, 5.74) is 6.80. The summed E-state index contributed by atoms with van der Waals surface area (Å²) < 4.78 is 0. The number of aromatic nitrogens is 3. The summed E-state index contributed by atoms with van der Waals surface area (Å²) >= 11 is 0. The van der Waals surface area contributed by atoms with E-state index in [9.17, 15) is 5.11 Å². The zero-order valence-corrected chi connectivity index (χ0v) is 26.1. The summed E-state index contributed by atoms with van der Waals surface area (Å²) in [4.78, 5) is 16.9. The Morgan fingerprint density at radius 2 is 1.56 bits per heavy atom. The van der Waals surface area contributed by atoms with Gasteiger partial charge >= 0.3 is 0 Å². The van der Waals surface area contributed by atoms with E-state index in [1.54, 1.807) is 6.07 Å². The lowest BCUT2D eigenvalue weighted by Gasteiger charge is -2.26. The smallest absolute Gasteiger partial charge is 0.140 e. The summed E-state index contributed by atoms with van der Waals surface area (Å²) in [5.74, 6) is 1.21. The summed E-state index contributed by atoms with van der Waals surface area (Å²) in [6.07, 6.45) is 3.78. The average molecular weight is 579 g/mol. The predicted octanol–water partition coefficient (Wildman–Crippen LogP) is 7.29. The molecule has 0 fully saturated rings. The molecule has 5 nitrogen and oxygen atoms in total. The number of fused-ring (bicyclic) bond motifs is 4. The van der Waals surface area contributed by atoms with Crippen LogP contribution >= 0.6 is 0 Å². The fourth-order valence-electron chi connectivity index (χ4n) is 6.45. The topological polar surface area (TPSA) is 62.1 Å². The maximum Gasteiger partial charge on any atom is 0.140 e. The lowest BCUT2D eigenvalue weighted by Crippen LogP contribution is -2.54. The van der Waals surface area contributed by atoms with Crippen LogP contribution in [0.15, 0.2) is 109 Å². The Labute approximate surface area is 253 Å². The van der Waals surface area contributed by atoms with Gasteiger partial charge in [0.1, 0.15) is 19.6 Å². The normalized spacial score (nSPS) is 13.5. The van der Waals surface area contributed by atoms with Crippen molar-refractivity contribution < 1.29 is 5.11 Å². The van der Waals surface area contributed by atoms with E-state index in [0.29, 0.717) is 0 Å². The van der Waals surface area contributed by atoms with Gasteiger partial charge in [0.2, 0.25) is 0 Å². The van der Waals surface area contributed by atoms with Crippen molar-refractivity contribution in [3.8, 4) is 28.3 Å². The van der Waals surface area contributed by atoms with Gasteiger partial charge in [-0.2, -0.15) is 0 Å². The van der Waals surface area contributed by atoms with Crippen LogP contribution in [0, 0.1) is 0 Å². The Kier molecular flexibility index (Phi) is 6.22. The standard InChI is InChI=1S/C37H34N4OSi/c1-37(2)29-14-9-15-32(42)34(29)35-30(37)16-17-31(40-35)25-11-8-12-27(22-25)43(4,5)33-23-26(19-21-38-33)41(3)36-28-13-7-6-10-24(28)18-20-39-36/h6-23,42H,1-5H3. The molecule has 6 heteroatoms. The van der Waals surface area contributed by atoms with Gasteiger partial charge in [0.25, 0.3) is 0 Å². The van der Waals surface area contributed by atoms with E-state index >= 15 is 0 Å². The van der Waals surface area contributed by atoms with Crippen molar-refractivity contribution in [3.63, 3.8) is 0 Å². The molecule has 0 aliphatic heterocycles. The highest BCUT2D eigenvalue weighted by molar-refractivity contribution is 7.00. The molecule has 0 atom stereocenters. The first-order valence-corrected chi connectivity index (χ1v) is 17.7. The molecule has 1 aliphatic rings. The molecule has 0 bridgehead atoms. The summed E-state index contributed by atoms with van der Waals surface area (Å²) in [6.45, 7) is 9.09. The van der Waals surface area contributed by atoms with Crippen molar-refractivity contribution in [1.82, 2.24) is 15.0 Å². The van der Waals surface area contributed by atoms with Gasteiger partial charge in [-0.1, -0.05) is 98.9 Å². The minimum atomic E-state index is -2.19. The van der Waals surface area contributed by atoms with Gasteiger partial charge in [0, 0.05) is 52.4 Å².